The summed E-state index contributed by atoms with van der Waals surface area (Å²) in [5, 5.41) is 3.57. The Morgan fingerprint density at radius 1 is 1.17 bits per heavy atom. The van der Waals surface area contributed by atoms with Gasteiger partial charge >= 0.3 is 0 Å². The normalized spacial score (nSPS) is 11.8. The number of carbonyl (C=O) groups is 1. The van der Waals surface area contributed by atoms with Crippen LogP contribution in [0.25, 0.3) is 0 Å². The summed E-state index contributed by atoms with van der Waals surface area (Å²) >= 11 is 7.45. The van der Waals surface area contributed by atoms with Crippen LogP contribution in [0.4, 0.5) is 0 Å². The van der Waals surface area contributed by atoms with Gasteiger partial charge in [-0.15, -0.1) is 11.3 Å². The van der Waals surface area contributed by atoms with Crippen LogP contribution in [0.15, 0.2) is 60.0 Å². The van der Waals surface area contributed by atoms with Gasteiger partial charge in [0.25, 0.3) is 0 Å². The molecule has 0 aliphatic heterocycles. The van der Waals surface area contributed by atoms with Crippen molar-refractivity contribution in [2.75, 3.05) is 0 Å². The van der Waals surface area contributed by atoms with Gasteiger partial charge in [-0.25, -0.2) is 4.98 Å². The molecule has 1 aromatic heterocycles. The molecule has 1 amide bonds. The molecular formula is C23H25ClN2O2S. The molecule has 3 rings (SSSR count). The smallest absolute Gasteiger partial charge is 0.227 e. The van der Waals surface area contributed by atoms with Crippen molar-refractivity contribution < 1.29 is 9.53 Å². The maximum absolute atomic E-state index is 12.9. The molecule has 0 aliphatic rings. The molecule has 0 N–H and O–H groups in total. The number of halogens is 1. The van der Waals surface area contributed by atoms with Crippen molar-refractivity contribution in [3.05, 3.63) is 81.3 Å². The maximum Gasteiger partial charge on any atom is 0.227 e. The number of ether oxygens (including phenoxy) is 1. The minimum absolute atomic E-state index is 0.123. The number of nitrogens with zero attached hydrogens (tertiary/aromatic N) is 2. The molecular weight excluding hydrogens is 404 g/mol. The predicted molar refractivity (Wildman–Crippen MR) is 118 cm³/mol. The SMILES string of the molecule is CC[C@@H](C)N(Cc1csc(COc2ccc(Cl)cc2)n1)C(=O)Cc1ccccc1. The first-order chi connectivity index (χ1) is 14.0. The van der Waals surface area contributed by atoms with Crippen molar-refractivity contribution in [2.24, 2.45) is 0 Å². The van der Waals surface area contributed by atoms with Crippen LogP contribution in [0.5, 0.6) is 5.75 Å². The third-order valence-corrected chi connectivity index (χ3v) is 5.87. The Kier molecular flexibility index (Phi) is 7.67. The van der Waals surface area contributed by atoms with Crippen LogP contribution in [0.1, 0.15) is 36.5 Å². The number of hydrogen-bond acceptors (Lipinski definition) is 4. The van der Waals surface area contributed by atoms with Crippen molar-refractivity contribution in [2.45, 2.75) is 45.9 Å². The number of aromatic nitrogens is 1. The van der Waals surface area contributed by atoms with E-state index < -0.39 is 0 Å². The third-order valence-electron chi connectivity index (χ3n) is 4.75. The molecule has 0 unspecified atom stereocenters. The lowest BCUT2D eigenvalue weighted by molar-refractivity contribution is -0.133. The monoisotopic (exact) mass is 428 g/mol. The molecule has 0 saturated heterocycles. The summed E-state index contributed by atoms with van der Waals surface area (Å²) in [6.45, 7) is 5.09. The second-order valence-corrected chi connectivity index (χ2v) is 8.30. The zero-order valence-electron chi connectivity index (χ0n) is 16.7. The summed E-state index contributed by atoms with van der Waals surface area (Å²) in [7, 11) is 0. The summed E-state index contributed by atoms with van der Waals surface area (Å²) < 4.78 is 5.77. The van der Waals surface area contributed by atoms with Gasteiger partial charge in [-0.05, 0) is 43.2 Å². The van der Waals surface area contributed by atoms with Gasteiger partial charge < -0.3 is 9.64 Å². The van der Waals surface area contributed by atoms with Crippen LogP contribution in [-0.2, 0) is 24.4 Å². The van der Waals surface area contributed by atoms with Gasteiger partial charge in [-0.3, -0.25) is 4.79 Å². The van der Waals surface area contributed by atoms with E-state index in [4.69, 9.17) is 16.3 Å². The Balaban J connectivity index is 1.62. The Morgan fingerprint density at radius 3 is 2.59 bits per heavy atom. The molecule has 152 valence electrons. The summed E-state index contributed by atoms with van der Waals surface area (Å²) in [6, 6.07) is 17.3. The first-order valence-corrected chi connectivity index (χ1v) is 11.0. The molecule has 0 fully saturated rings. The molecule has 1 heterocycles. The Labute approximate surface area is 181 Å². The molecule has 0 saturated carbocycles. The highest BCUT2D eigenvalue weighted by atomic mass is 35.5. The van der Waals surface area contributed by atoms with Crippen molar-refractivity contribution in [3.8, 4) is 5.75 Å². The number of amides is 1. The van der Waals surface area contributed by atoms with Gasteiger partial charge in [0.05, 0.1) is 18.7 Å². The highest BCUT2D eigenvalue weighted by Crippen LogP contribution is 2.20. The number of benzene rings is 2. The lowest BCUT2D eigenvalue weighted by Crippen LogP contribution is -2.38. The average molecular weight is 429 g/mol. The highest BCUT2D eigenvalue weighted by Gasteiger charge is 2.20. The van der Waals surface area contributed by atoms with E-state index in [9.17, 15) is 4.79 Å². The van der Waals surface area contributed by atoms with E-state index in [1.54, 1.807) is 23.5 Å². The van der Waals surface area contributed by atoms with E-state index in [-0.39, 0.29) is 11.9 Å². The van der Waals surface area contributed by atoms with Gasteiger partial charge in [-0.1, -0.05) is 48.9 Å². The van der Waals surface area contributed by atoms with Gasteiger partial charge in [0.1, 0.15) is 17.4 Å². The Morgan fingerprint density at radius 2 is 1.90 bits per heavy atom. The van der Waals surface area contributed by atoms with Crippen LogP contribution in [-0.4, -0.2) is 21.8 Å². The number of hydrogen-bond donors (Lipinski definition) is 0. The number of thiazole rings is 1. The van der Waals surface area contributed by atoms with Crippen LogP contribution in [0, 0.1) is 0 Å². The third kappa shape index (κ3) is 6.31. The van der Waals surface area contributed by atoms with E-state index >= 15 is 0 Å². The second-order valence-electron chi connectivity index (χ2n) is 6.92. The largest absolute Gasteiger partial charge is 0.486 e. The van der Waals surface area contributed by atoms with Gasteiger partial charge in [0.15, 0.2) is 0 Å². The summed E-state index contributed by atoms with van der Waals surface area (Å²) in [4.78, 5) is 19.5. The Bertz CT molecular complexity index is 912. The molecule has 3 aromatic rings. The van der Waals surface area contributed by atoms with E-state index in [1.807, 2.05) is 52.7 Å². The number of rotatable bonds is 9. The van der Waals surface area contributed by atoms with E-state index in [0.717, 1.165) is 28.4 Å². The lowest BCUT2D eigenvalue weighted by Gasteiger charge is -2.28. The van der Waals surface area contributed by atoms with Crippen molar-refractivity contribution in [3.63, 3.8) is 0 Å². The van der Waals surface area contributed by atoms with Crippen LogP contribution in [0.2, 0.25) is 5.02 Å². The maximum atomic E-state index is 12.9. The first kappa shape index (κ1) is 21.3. The van der Waals surface area contributed by atoms with E-state index in [0.29, 0.717) is 24.6 Å². The molecule has 0 aliphatic carbocycles. The molecule has 0 bridgehead atoms. The Hall–Kier alpha value is -2.37. The predicted octanol–water partition coefficient (Wildman–Crippen LogP) is 5.75. The zero-order chi connectivity index (χ0) is 20.6. The minimum Gasteiger partial charge on any atom is -0.486 e. The first-order valence-electron chi connectivity index (χ1n) is 9.70. The van der Waals surface area contributed by atoms with Gasteiger partial charge in [0.2, 0.25) is 5.91 Å². The van der Waals surface area contributed by atoms with E-state index in [2.05, 4.69) is 18.8 Å². The lowest BCUT2D eigenvalue weighted by atomic mass is 10.1. The average Bonchev–Trinajstić information content (AvgIpc) is 3.19. The fourth-order valence-corrected chi connectivity index (χ4v) is 3.74. The highest BCUT2D eigenvalue weighted by molar-refractivity contribution is 7.09. The molecule has 1 atom stereocenters. The summed E-state index contributed by atoms with van der Waals surface area (Å²) in [6.07, 6.45) is 1.30. The van der Waals surface area contributed by atoms with Crippen molar-refractivity contribution in [1.82, 2.24) is 9.88 Å². The van der Waals surface area contributed by atoms with Crippen LogP contribution in [0.3, 0.4) is 0 Å². The fraction of sp³-hybridized carbons (Fsp3) is 0.304. The molecule has 0 spiro atoms. The number of carbonyl (C=O) groups excluding carboxylic acids is 1. The van der Waals surface area contributed by atoms with Crippen LogP contribution < -0.4 is 4.74 Å². The van der Waals surface area contributed by atoms with Crippen molar-refractivity contribution >= 4 is 28.8 Å². The molecule has 0 radical (unpaired) electrons. The summed E-state index contributed by atoms with van der Waals surface area (Å²) in [5.74, 6) is 0.878. The zero-order valence-corrected chi connectivity index (χ0v) is 18.2. The molecule has 29 heavy (non-hydrogen) atoms. The summed E-state index contributed by atoms with van der Waals surface area (Å²) in [5.41, 5.74) is 1.92. The van der Waals surface area contributed by atoms with Crippen LogP contribution >= 0.6 is 22.9 Å². The molecule has 2 aromatic carbocycles. The molecule has 4 nitrogen and oxygen atoms in total. The van der Waals surface area contributed by atoms with Gasteiger partial charge in [-0.2, -0.15) is 0 Å². The quantitative estimate of drug-likeness (QED) is 0.436. The van der Waals surface area contributed by atoms with Crippen molar-refractivity contribution in [1.29, 1.82) is 0 Å². The molecule has 6 heteroatoms. The standard InChI is InChI=1S/C23H25ClN2O2S/c1-3-17(2)26(23(27)13-18-7-5-4-6-8-18)14-20-16-29-22(25-20)15-28-21-11-9-19(24)10-12-21/h4-12,16-17H,3,13-15H2,1-2H3/t17-/m1/s1. The topological polar surface area (TPSA) is 42.4 Å². The minimum atomic E-state index is 0.123. The second kappa shape index (κ2) is 10.4. The van der Waals surface area contributed by atoms with E-state index in [1.165, 1.54) is 0 Å². The fourth-order valence-electron chi connectivity index (χ4n) is 2.92. The van der Waals surface area contributed by atoms with Gasteiger partial charge in [0, 0.05) is 16.4 Å².